The molecule has 0 radical (unpaired) electrons. The number of hydrogen-bond donors (Lipinski definition) is 1. The smallest absolute Gasteiger partial charge is 0.313 e. The standard InChI is InChI=1S/C13H19N3O4S/c1-19-13(4-5-20-8-13)7-16-11(9-2-3-9)14-15-12(16)21-6-10(17)18/h9H,2-8H2,1H3,(H,17,18). The van der Waals surface area contributed by atoms with Crippen LogP contribution in [0.3, 0.4) is 0 Å². The zero-order valence-corrected chi connectivity index (χ0v) is 12.8. The molecule has 2 heterocycles. The molecule has 3 rings (SSSR count). The lowest BCUT2D eigenvalue weighted by atomic mass is 10.0. The van der Waals surface area contributed by atoms with Crippen molar-refractivity contribution >= 4 is 17.7 Å². The molecule has 1 aliphatic heterocycles. The summed E-state index contributed by atoms with van der Waals surface area (Å²) in [4.78, 5) is 10.8. The largest absolute Gasteiger partial charge is 0.481 e. The van der Waals surface area contributed by atoms with Gasteiger partial charge >= 0.3 is 5.97 Å². The van der Waals surface area contributed by atoms with E-state index in [1.54, 1.807) is 7.11 Å². The zero-order chi connectivity index (χ0) is 14.9. The second-order valence-corrected chi connectivity index (χ2v) is 6.52. The summed E-state index contributed by atoms with van der Waals surface area (Å²) in [5, 5.41) is 17.9. The van der Waals surface area contributed by atoms with Gasteiger partial charge in [0, 0.05) is 26.1 Å². The average Bonchev–Trinajstić information content (AvgIpc) is 3.07. The van der Waals surface area contributed by atoms with Crippen LogP contribution < -0.4 is 0 Å². The molecule has 7 nitrogen and oxygen atoms in total. The average molecular weight is 313 g/mol. The number of carboxylic acids is 1. The third-order valence-electron chi connectivity index (χ3n) is 3.96. The fourth-order valence-corrected chi connectivity index (χ4v) is 3.22. The van der Waals surface area contributed by atoms with Crippen LogP contribution in [-0.2, 0) is 20.8 Å². The Morgan fingerprint density at radius 2 is 2.38 bits per heavy atom. The Morgan fingerprint density at radius 1 is 1.57 bits per heavy atom. The van der Waals surface area contributed by atoms with Gasteiger partial charge < -0.3 is 19.1 Å². The van der Waals surface area contributed by atoms with Gasteiger partial charge in [-0.05, 0) is 12.8 Å². The molecule has 1 aromatic rings. The second kappa shape index (κ2) is 5.94. The number of nitrogens with zero attached hydrogens (tertiary/aromatic N) is 3. The predicted octanol–water partition coefficient (Wildman–Crippen LogP) is 1.14. The van der Waals surface area contributed by atoms with Crippen LogP contribution >= 0.6 is 11.8 Å². The number of ether oxygens (including phenoxy) is 2. The Bertz CT molecular complexity index is 523. The molecule has 116 valence electrons. The van der Waals surface area contributed by atoms with Crippen molar-refractivity contribution in [1.82, 2.24) is 14.8 Å². The quantitative estimate of drug-likeness (QED) is 0.755. The van der Waals surface area contributed by atoms with Gasteiger partial charge in [-0.2, -0.15) is 0 Å². The topological polar surface area (TPSA) is 86.5 Å². The number of carbonyl (C=O) groups is 1. The summed E-state index contributed by atoms with van der Waals surface area (Å²) in [6.45, 7) is 1.85. The van der Waals surface area contributed by atoms with Gasteiger partial charge in [0.05, 0.1) is 18.9 Å². The lowest BCUT2D eigenvalue weighted by Gasteiger charge is -2.27. The van der Waals surface area contributed by atoms with E-state index in [9.17, 15) is 4.79 Å². The number of aromatic nitrogens is 3. The van der Waals surface area contributed by atoms with Crippen LogP contribution in [0.25, 0.3) is 0 Å². The summed E-state index contributed by atoms with van der Waals surface area (Å²) in [7, 11) is 1.69. The van der Waals surface area contributed by atoms with Crippen molar-refractivity contribution in [3.8, 4) is 0 Å². The van der Waals surface area contributed by atoms with Crippen LogP contribution in [0.1, 0.15) is 31.0 Å². The normalized spacial score (nSPS) is 25.4. The van der Waals surface area contributed by atoms with E-state index in [4.69, 9.17) is 14.6 Å². The minimum atomic E-state index is -0.854. The summed E-state index contributed by atoms with van der Waals surface area (Å²) >= 11 is 1.21. The Kier molecular flexibility index (Phi) is 4.19. The molecule has 1 atom stereocenters. The highest BCUT2D eigenvalue weighted by Crippen LogP contribution is 2.41. The summed E-state index contributed by atoms with van der Waals surface area (Å²) in [6, 6.07) is 0. The van der Waals surface area contributed by atoms with Gasteiger partial charge in [-0.15, -0.1) is 10.2 Å². The molecular formula is C13H19N3O4S. The van der Waals surface area contributed by atoms with E-state index < -0.39 is 5.97 Å². The van der Waals surface area contributed by atoms with Gasteiger partial charge in [0.15, 0.2) is 5.16 Å². The van der Waals surface area contributed by atoms with Crippen molar-refractivity contribution < 1.29 is 19.4 Å². The van der Waals surface area contributed by atoms with Crippen molar-refractivity contribution in [2.75, 3.05) is 26.1 Å². The van der Waals surface area contributed by atoms with Gasteiger partial charge in [-0.1, -0.05) is 11.8 Å². The summed E-state index contributed by atoms with van der Waals surface area (Å²) in [5.41, 5.74) is -0.357. The van der Waals surface area contributed by atoms with E-state index >= 15 is 0 Å². The highest BCUT2D eigenvalue weighted by Gasteiger charge is 2.39. The maximum atomic E-state index is 10.8. The number of carboxylic acid groups (broad SMARTS) is 1. The Labute approximate surface area is 127 Å². The summed E-state index contributed by atoms with van der Waals surface area (Å²) in [5.74, 6) is 0.534. The van der Waals surface area contributed by atoms with Crippen molar-refractivity contribution in [1.29, 1.82) is 0 Å². The van der Waals surface area contributed by atoms with Crippen LogP contribution in [0.5, 0.6) is 0 Å². The first-order valence-electron chi connectivity index (χ1n) is 7.04. The number of aliphatic carboxylic acids is 1. The van der Waals surface area contributed by atoms with Gasteiger partial charge in [0.2, 0.25) is 0 Å². The van der Waals surface area contributed by atoms with Crippen LogP contribution in [0.2, 0.25) is 0 Å². The van der Waals surface area contributed by atoms with E-state index in [1.165, 1.54) is 11.8 Å². The molecule has 1 saturated carbocycles. The molecule has 0 bridgehead atoms. The first-order chi connectivity index (χ1) is 10.1. The van der Waals surface area contributed by atoms with Crippen molar-refractivity contribution in [2.45, 2.75) is 42.5 Å². The van der Waals surface area contributed by atoms with Crippen molar-refractivity contribution in [3.05, 3.63) is 5.82 Å². The lowest BCUT2D eigenvalue weighted by molar-refractivity contribution is -0.133. The molecule has 0 amide bonds. The molecule has 0 aromatic carbocycles. The molecule has 1 unspecified atom stereocenters. The van der Waals surface area contributed by atoms with E-state index in [2.05, 4.69) is 10.2 Å². The monoisotopic (exact) mass is 313 g/mol. The predicted molar refractivity (Wildman–Crippen MR) is 75.5 cm³/mol. The second-order valence-electron chi connectivity index (χ2n) is 5.57. The molecule has 8 heteroatoms. The van der Waals surface area contributed by atoms with Crippen molar-refractivity contribution in [3.63, 3.8) is 0 Å². The molecule has 1 saturated heterocycles. The van der Waals surface area contributed by atoms with Crippen LogP contribution in [0, 0.1) is 0 Å². The number of methoxy groups -OCH3 is 1. The molecule has 21 heavy (non-hydrogen) atoms. The fraction of sp³-hybridized carbons (Fsp3) is 0.769. The van der Waals surface area contributed by atoms with Crippen LogP contribution in [0.4, 0.5) is 0 Å². The van der Waals surface area contributed by atoms with Crippen LogP contribution in [0.15, 0.2) is 5.16 Å². The van der Waals surface area contributed by atoms with E-state index in [0.29, 0.717) is 30.8 Å². The van der Waals surface area contributed by atoms with Gasteiger partial charge in [-0.3, -0.25) is 4.79 Å². The van der Waals surface area contributed by atoms with Gasteiger partial charge in [0.1, 0.15) is 11.4 Å². The fourth-order valence-electron chi connectivity index (χ4n) is 2.55. The minimum Gasteiger partial charge on any atom is -0.481 e. The third kappa shape index (κ3) is 3.22. The SMILES string of the molecule is COC1(Cn2c(SCC(=O)O)nnc2C2CC2)CCOC1. The summed E-state index contributed by atoms with van der Waals surface area (Å²) < 4.78 is 13.2. The van der Waals surface area contributed by atoms with Crippen LogP contribution in [-0.4, -0.2) is 57.5 Å². The molecule has 0 spiro atoms. The van der Waals surface area contributed by atoms with E-state index in [1.807, 2.05) is 4.57 Å². The highest BCUT2D eigenvalue weighted by molar-refractivity contribution is 7.99. The highest BCUT2D eigenvalue weighted by atomic mass is 32.2. The van der Waals surface area contributed by atoms with E-state index in [-0.39, 0.29) is 11.4 Å². The number of hydrogen-bond acceptors (Lipinski definition) is 6. The Hall–Kier alpha value is -1.12. The molecule has 1 aromatic heterocycles. The third-order valence-corrected chi connectivity index (χ3v) is 4.91. The van der Waals surface area contributed by atoms with Crippen molar-refractivity contribution in [2.24, 2.45) is 0 Å². The van der Waals surface area contributed by atoms with Gasteiger partial charge in [-0.25, -0.2) is 0 Å². The number of rotatable bonds is 7. The summed E-state index contributed by atoms with van der Waals surface area (Å²) in [6.07, 6.45) is 3.07. The molecular weight excluding hydrogens is 294 g/mol. The molecule has 2 fully saturated rings. The Balaban J connectivity index is 1.83. The van der Waals surface area contributed by atoms with E-state index in [0.717, 1.165) is 25.1 Å². The zero-order valence-electron chi connectivity index (χ0n) is 11.9. The first-order valence-corrected chi connectivity index (χ1v) is 8.03. The minimum absolute atomic E-state index is 0.0146. The van der Waals surface area contributed by atoms with Gasteiger partial charge in [0.25, 0.3) is 0 Å². The lowest BCUT2D eigenvalue weighted by Crippen LogP contribution is -2.37. The number of thioether (sulfide) groups is 1. The molecule has 2 aliphatic rings. The molecule has 1 aliphatic carbocycles. The molecule has 1 N–H and O–H groups in total. The maximum Gasteiger partial charge on any atom is 0.313 e. The Morgan fingerprint density at radius 3 is 2.95 bits per heavy atom. The first kappa shape index (κ1) is 14.8. The maximum absolute atomic E-state index is 10.8.